The number of furan rings is 1. The maximum absolute atomic E-state index is 11.9. The summed E-state index contributed by atoms with van der Waals surface area (Å²) in [5.74, 6) is 1.59. The van der Waals surface area contributed by atoms with Crippen LogP contribution in [-0.2, 0) is 0 Å². The monoisotopic (exact) mass is 320 g/mol. The second-order valence-electron chi connectivity index (χ2n) is 3.99. The van der Waals surface area contributed by atoms with E-state index in [1.807, 2.05) is 18.2 Å². The molecule has 0 N–H and O–H groups in total. The van der Waals surface area contributed by atoms with Gasteiger partial charge in [-0.2, -0.15) is 0 Å². The standard InChI is InChI=1S/C15H13BrO3/c1-10-3-7-15(19-10)13(17)6-4-11-9-12(16)5-8-14(11)18-2/h3-9H,1-2H3/b6-4+. The van der Waals surface area contributed by atoms with Crippen LogP contribution in [0.15, 0.2) is 45.3 Å². The fourth-order valence-electron chi connectivity index (χ4n) is 1.65. The fraction of sp³-hybridized carbons (Fsp3) is 0.133. The number of ketones is 1. The minimum absolute atomic E-state index is 0.171. The number of carbonyl (C=O) groups is 1. The van der Waals surface area contributed by atoms with Crippen LogP contribution in [0.2, 0.25) is 0 Å². The van der Waals surface area contributed by atoms with E-state index in [0.717, 1.165) is 15.8 Å². The number of benzene rings is 1. The maximum Gasteiger partial charge on any atom is 0.221 e. The Morgan fingerprint density at radius 2 is 2.11 bits per heavy atom. The molecule has 0 amide bonds. The molecule has 0 fully saturated rings. The molecule has 0 radical (unpaired) electrons. The Morgan fingerprint density at radius 1 is 1.32 bits per heavy atom. The predicted molar refractivity (Wildman–Crippen MR) is 77.5 cm³/mol. The van der Waals surface area contributed by atoms with Crippen molar-refractivity contribution >= 4 is 27.8 Å². The summed E-state index contributed by atoms with van der Waals surface area (Å²) in [5, 5.41) is 0. The van der Waals surface area contributed by atoms with Crippen molar-refractivity contribution in [3.8, 4) is 5.75 Å². The van der Waals surface area contributed by atoms with Gasteiger partial charge in [-0.3, -0.25) is 4.79 Å². The van der Waals surface area contributed by atoms with Crippen molar-refractivity contribution in [2.45, 2.75) is 6.92 Å². The first-order chi connectivity index (χ1) is 9.10. The quantitative estimate of drug-likeness (QED) is 0.624. The number of hydrogen-bond donors (Lipinski definition) is 0. The molecule has 98 valence electrons. The number of halogens is 1. The molecule has 4 heteroatoms. The highest BCUT2D eigenvalue weighted by Crippen LogP contribution is 2.24. The van der Waals surface area contributed by atoms with Gasteiger partial charge in [0.05, 0.1) is 7.11 Å². The molecule has 0 aliphatic heterocycles. The molecular weight excluding hydrogens is 308 g/mol. The van der Waals surface area contributed by atoms with E-state index >= 15 is 0 Å². The van der Waals surface area contributed by atoms with Gasteiger partial charge < -0.3 is 9.15 Å². The molecule has 0 unspecified atom stereocenters. The van der Waals surface area contributed by atoms with E-state index in [9.17, 15) is 4.79 Å². The third kappa shape index (κ3) is 3.35. The van der Waals surface area contributed by atoms with Crippen molar-refractivity contribution in [2.75, 3.05) is 7.11 Å². The summed E-state index contributed by atoms with van der Waals surface area (Å²) in [6.07, 6.45) is 3.19. The number of methoxy groups -OCH3 is 1. The van der Waals surface area contributed by atoms with Crippen LogP contribution in [0.5, 0.6) is 5.75 Å². The van der Waals surface area contributed by atoms with Crippen LogP contribution in [0.4, 0.5) is 0 Å². The highest BCUT2D eigenvalue weighted by Gasteiger charge is 2.07. The summed E-state index contributed by atoms with van der Waals surface area (Å²) in [6, 6.07) is 9.04. The molecule has 0 saturated carbocycles. The number of carbonyl (C=O) groups excluding carboxylic acids is 1. The van der Waals surface area contributed by atoms with Crippen molar-refractivity contribution in [2.24, 2.45) is 0 Å². The first kappa shape index (κ1) is 13.6. The van der Waals surface area contributed by atoms with Gasteiger partial charge >= 0.3 is 0 Å². The van der Waals surface area contributed by atoms with Crippen molar-refractivity contribution in [3.63, 3.8) is 0 Å². The molecule has 1 heterocycles. The van der Waals surface area contributed by atoms with Crippen LogP contribution >= 0.6 is 15.9 Å². The lowest BCUT2D eigenvalue weighted by molar-refractivity contribution is 0.102. The molecule has 0 atom stereocenters. The molecule has 0 aliphatic rings. The second kappa shape index (κ2) is 5.89. The molecule has 3 nitrogen and oxygen atoms in total. The zero-order chi connectivity index (χ0) is 13.8. The highest BCUT2D eigenvalue weighted by molar-refractivity contribution is 9.10. The summed E-state index contributed by atoms with van der Waals surface area (Å²) >= 11 is 3.39. The zero-order valence-electron chi connectivity index (χ0n) is 10.6. The van der Waals surface area contributed by atoms with Crippen molar-refractivity contribution in [1.29, 1.82) is 0 Å². The topological polar surface area (TPSA) is 39.4 Å². The largest absolute Gasteiger partial charge is 0.496 e. The van der Waals surface area contributed by atoms with Crippen LogP contribution in [-0.4, -0.2) is 12.9 Å². The zero-order valence-corrected chi connectivity index (χ0v) is 12.2. The predicted octanol–water partition coefficient (Wildman–Crippen LogP) is 4.26. The van der Waals surface area contributed by atoms with Gasteiger partial charge in [-0.05, 0) is 49.4 Å². The Bertz CT molecular complexity index is 626. The lowest BCUT2D eigenvalue weighted by Crippen LogP contribution is -1.92. The van der Waals surface area contributed by atoms with Gasteiger partial charge in [-0.25, -0.2) is 0 Å². The fourth-order valence-corrected chi connectivity index (χ4v) is 2.03. The number of allylic oxidation sites excluding steroid dienone is 1. The van der Waals surface area contributed by atoms with Crippen LogP contribution in [0.1, 0.15) is 21.9 Å². The number of hydrogen-bond acceptors (Lipinski definition) is 3. The molecule has 2 aromatic rings. The minimum Gasteiger partial charge on any atom is -0.496 e. The molecule has 0 saturated heterocycles. The first-order valence-corrected chi connectivity index (χ1v) is 6.52. The lowest BCUT2D eigenvalue weighted by Gasteiger charge is -2.04. The highest BCUT2D eigenvalue weighted by atomic mass is 79.9. The van der Waals surface area contributed by atoms with Crippen LogP contribution in [0.3, 0.4) is 0 Å². The maximum atomic E-state index is 11.9. The van der Waals surface area contributed by atoms with Crippen LogP contribution < -0.4 is 4.74 Å². The Morgan fingerprint density at radius 3 is 2.74 bits per heavy atom. The normalized spacial score (nSPS) is 10.9. The number of aryl methyl sites for hydroxylation is 1. The van der Waals surface area contributed by atoms with Gasteiger partial charge in [0, 0.05) is 10.0 Å². The summed E-state index contributed by atoms with van der Waals surface area (Å²) in [5.41, 5.74) is 0.827. The molecule has 1 aromatic carbocycles. The van der Waals surface area contributed by atoms with E-state index in [1.165, 1.54) is 6.08 Å². The van der Waals surface area contributed by atoms with Crippen LogP contribution in [0, 0.1) is 6.92 Å². The van der Waals surface area contributed by atoms with E-state index in [2.05, 4.69) is 15.9 Å². The molecule has 0 bridgehead atoms. The number of ether oxygens (including phenoxy) is 1. The van der Waals surface area contributed by atoms with Crippen LogP contribution in [0.25, 0.3) is 6.08 Å². The third-order valence-electron chi connectivity index (χ3n) is 2.59. The SMILES string of the molecule is COc1ccc(Br)cc1/C=C/C(=O)c1ccc(C)o1. The molecule has 2 rings (SSSR count). The minimum atomic E-state index is -0.171. The summed E-state index contributed by atoms with van der Waals surface area (Å²) in [4.78, 5) is 11.9. The third-order valence-corrected chi connectivity index (χ3v) is 3.08. The summed E-state index contributed by atoms with van der Waals surface area (Å²) < 4.78 is 11.4. The van der Waals surface area contributed by atoms with Crippen molar-refractivity contribution in [1.82, 2.24) is 0 Å². The van der Waals surface area contributed by atoms with Crippen molar-refractivity contribution < 1.29 is 13.9 Å². The van der Waals surface area contributed by atoms with E-state index < -0.39 is 0 Å². The molecular formula is C15H13BrO3. The second-order valence-corrected chi connectivity index (χ2v) is 4.91. The Labute approximate surface area is 120 Å². The Hall–Kier alpha value is -1.81. The summed E-state index contributed by atoms with van der Waals surface area (Å²) in [6.45, 7) is 1.80. The van der Waals surface area contributed by atoms with E-state index in [0.29, 0.717) is 11.5 Å². The van der Waals surface area contributed by atoms with Gasteiger partial charge in [0.15, 0.2) is 5.76 Å². The van der Waals surface area contributed by atoms with E-state index in [-0.39, 0.29) is 5.78 Å². The van der Waals surface area contributed by atoms with E-state index in [4.69, 9.17) is 9.15 Å². The first-order valence-electron chi connectivity index (χ1n) is 5.72. The molecule has 1 aromatic heterocycles. The average Bonchev–Trinajstić information content (AvgIpc) is 2.83. The van der Waals surface area contributed by atoms with Gasteiger partial charge in [-0.1, -0.05) is 15.9 Å². The van der Waals surface area contributed by atoms with Gasteiger partial charge in [0.1, 0.15) is 11.5 Å². The van der Waals surface area contributed by atoms with Crippen molar-refractivity contribution in [3.05, 3.63) is 58.0 Å². The number of rotatable bonds is 4. The molecule has 0 aliphatic carbocycles. The lowest BCUT2D eigenvalue weighted by atomic mass is 10.1. The Kier molecular flexibility index (Phi) is 4.22. The van der Waals surface area contributed by atoms with Gasteiger partial charge in [0.25, 0.3) is 0 Å². The van der Waals surface area contributed by atoms with Gasteiger partial charge in [0.2, 0.25) is 5.78 Å². The molecule has 0 spiro atoms. The van der Waals surface area contributed by atoms with Gasteiger partial charge in [-0.15, -0.1) is 0 Å². The average molecular weight is 321 g/mol. The smallest absolute Gasteiger partial charge is 0.221 e. The van der Waals surface area contributed by atoms with E-state index in [1.54, 1.807) is 32.2 Å². The molecule has 19 heavy (non-hydrogen) atoms. The Balaban J connectivity index is 2.23. The summed E-state index contributed by atoms with van der Waals surface area (Å²) in [7, 11) is 1.60.